The predicted octanol–water partition coefficient (Wildman–Crippen LogP) is 1.81. The summed E-state index contributed by atoms with van der Waals surface area (Å²) >= 11 is 1.86. The average Bonchev–Trinajstić information content (AvgIpc) is 3.01. The maximum atomic E-state index is 4.75. The van der Waals surface area contributed by atoms with E-state index in [1.54, 1.807) is 0 Å². The second-order valence-corrected chi connectivity index (χ2v) is 5.93. The summed E-state index contributed by atoms with van der Waals surface area (Å²) in [6.45, 7) is 6.70. The standard InChI is InChI=1S/C12H19N3S/c1-9-6-15(5-4-13-9)7-11-8-16-12(14-11)10-2-3-10/h8-10,13H,2-7H2,1H3/t9-/m0/s1. The molecular formula is C12H19N3S. The van der Waals surface area contributed by atoms with Gasteiger partial charge in [0.05, 0.1) is 10.7 Å². The molecule has 0 unspecified atom stereocenters. The van der Waals surface area contributed by atoms with Crippen LogP contribution in [0, 0.1) is 0 Å². The minimum Gasteiger partial charge on any atom is -0.312 e. The molecule has 1 atom stereocenters. The van der Waals surface area contributed by atoms with Crippen LogP contribution in [0.5, 0.6) is 0 Å². The van der Waals surface area contributed by atoms with Crippen molar-refractivity contribution in [1.82, 2.24) is 15.2 Å². The van der Waals surface area contributed by atoms with E-state index in [4.69, 9.17) is 4.98 Å². The number of thiazole rings is 1. The SMILES string of the molecule is C[C@H]1CN(Cc2csc(C3CC3)n2)CCN1. The fourth-order valence-corrected chi connectivity index (χ4v) is 3.28. The van der Waals surface area contributed by atoms with E-state index >= 15 is 0 Å². The van der Waals surface area contributed by atoms with E-state index in [1.807, 2.05) is 11.3 Å². The molecule has 1 aromatic rings. The zero-order valence-corrected chi connectivity index (χ0v) is 10.6. The second-order valence-electron chi connectivity index (χ2n) is 5.04. The fourth-order valence-electron chi connectivity index (χ4n) is 2.30. The van der Waals surface area contributed by atoms with Gasteiger partial charge in [-0.3, -0.25) is 4.90 Å². The summed E-state index contributed by atoms with van der Waals surface area (Å²) in [5.41, 5.74) is 1.28. The molecule has 1 N–H and O–H groups in total. The second kappa shape index (κ2) is 4.43. The van der Waals surface area contributed by atoms with Gasteiger partial charge in [-0.25, -0.2) is 4.98 Å². The molecule has 2 heterocycles. The van der Waals surface area contributed by atoms with Crippen LogP contribution in [0.1, 0.15) is 36.4 Å². The highest BCUT2D eigenvalue weighted by molar-refractivity contribution is 7.09. The van der Waals surface area contributed by atoms with Gasteiger partial charge in [0, 0.05) is 43.5 Å². The van der Waals surface area contributed by atoms with Crippen molar-refractivity contribution in [2.24, 2.45) is 0 Å². The molecule has 1 aliphatic heterocycles. The molecule has 0 radical (unpaired) electrons. The van der Waals surface area contributed by atoms with Gasteiger partial charge in [0.25, 0.3) is 0 Å². The lowest BCUT2D eigenvalue weighted by Crippen LogP contribution is -2.48. The molecule has 4 heteroatoms. The summed E-state index contributed by atoms with van der Waals surface area (Å²) in [7, 11) is 0. The van der Waals surface area contributed by atoms with Crippen LogP contribution >= 0.6 is 11.3 Å². The Labute approximate surface area is 101 Å². The van der Waals surface area contributed by atoms with Crippen LogP contribution in [0.15, 0.2) is 5.38 Å². The molecule has 1 aliphatic carbocycles. The number of piperazine rings is 1. The van der Waals surface area contributed by atoms with E-state index in [1.165, 1.54) is 23.5 Å². The molecule has 0 spiro atoms. The first-order chi connectivity index (χ1) is 7.81. The lowest BCUT2D eigenvalue weighted by Gasteiger charge is -2.31. The lowest BCUT2D eigenvalue weighted by molar-refractivity contribution is 0.198. The van der Waals surface area contributed by atoms with Gasteiger partial charge in [-0.2, -0.15) is 0 Å². The van der Waals surface area contributed by atoms with Gasteiger partial charge < -0.3 is 5.32 Å². The van der Waals surface area contributed by atoms with Crippen molar-refractivity contribution in [3.8, 4) is 0 Å². The fraction of sp³-hybridized carbons (Fsp3) is 0.750. The van der Waals surface area contributed by atoms with Crippen molar-refractivity contribution < 1.29 is 0 Å². The summed E-state index contributed by atoms with van der Waals surface area (Å²) in [6, 6.07) is 0.621. The Morgan fingerprint density at radius 2 is 2.44 bits per heavy atom. The first-order valence-corrected chi connectivity index (χ1v) is 7.09. The van der Waals surface area contributed by atoms with Crippen LogP contribution in [0.4, 0.5) is 0 Å². The average molecular weight is 237 g/mol. The Hall–Kier alpha value is -0.450. The minimum atomic E-state index is 0.621. The molecule has 1 saturated carbocycles. The highest BCUT2D eigenvalue weighted by Gasteiger charge is 2.27. The number of rotatable bonds is 3. The maximum absolute atomic E-state index is 4.75. The van der Waals surface area contributed by atoms with Crippen molar-refractivity contribution in [2.45, 2.75) is 38.3 Å². The summed E-state index contributed by atoms with van der Waals surface area (Å²) < 4.78 is 0. The molecule has 1 saturated heterocycles. The summed E-state index contributed by atoms with van der Waals surface area (Å²) in [5.74, 6) is 0.806. The van der Waals surface area contributed by atoms with Crippen molar-refractivity contribution in [2.75, 3.05) is 19.6 Å². The number of hydrogen-bond acceptors (Lipinski definition) is 4. The Morgan fingerprint density at radius 3 is 3.19 bits per heavy atom. The van der Waals surface area contributed by atoms with Crippen LogP contribution in [0.3, 0.4) is 0 Å². The lowest BCUT2D eigenvalue weighted by atomic mass is 10.2. The largest absolute Gasteiger partial charge is 0.312 e. The van der Waals surface area contributed by atoms with Crippen molar-refractivity contribution >= 4 is 11.3 Å². The molecule has 16 heavy (non-hydrogen) atoms. The quantitative estimate of drug-likeness (QED) is 0.869. The molecule has 88 valence electrons. The smallest absolute Gasteiger partial charge is 0.0959 e. The Morgan fingerprint density at radius 1 is 1.56 bits per heavy atom. The number of hydrogen-bond donors (Lipinski definition) is 1. The third-order valence-electron chi connectivity index (χ3n) is 3.33. The van der Waals surface area contributed by atoms with Gasteiger partial charge in [-0.15, -0.1) is 11.3 Å². The van der Waals surface area contributed by atoms with Crippen LogP contribution in [0.25, 0.3) is 0 Å². The highest BCUT2D eigenvalue weighted by atomic mass is 32.1. The van der Waals surface area contributed by atoms with E-state index in [2.05, 4.69) is 22.5 Å². The van der Waals surface area contributed by atoms with E-state index in [9.17, 15) is 0 Å². The van der Waals surface area contributed by atoms with Crippen molar-refractivity contribution in [1.29, 1.82) is 0 Å². The molecule has 2 fully saturated rings. The monoisotopic (exact) mass is 237 g/mol. The van der Waals surface area contributed by atoms with E-state index in [0.29, 0.717) is 6.04 Å². The Balaban J connectivity index is 1.59. The van der Waals surface area contributed by atoms with E-state index < -0.39 is 0 Å². The topological polar surface area (TPSA) is 28.2 Å². The van der Waals surface area contributed by atoms with Gasteiger partial charge >= 0.3 is 0 Å². The predicted molar refractivity (Wildman–Crippen MR) is 66.8 cm³/mol. The van der Waals surface area contributed by atoms with Gasteiger partial charge in [-0.1, -0.05) is 0 Å². The van der Waals surface area contributed by atoms with Gasteiger partial charge in [0.1, 0.15) is 0 Å². The number of nitrogens with one attached hydrogen (secondary N) is 1. The number of nitrogens with zero attached hydrogens (tertiary/aromatic N) is 2. The normalized spacial score (nSPS) is 27.2. The van der Waals surface area contributed by atoms with Crippen LogP contribution in [0.2, 0.25) is 0 Å². The molecule has 0 aromatic carbocycles. The Kier molecular flexibility index (Phi) is 2.96. The Bertz CT molecular complexity index is 359. The first-order valence-electron chi connectivity index (χ1n) is 6.21. The highest BCUT2D eigenvalue weighted by Crippen LogP contribution is 2.41. The molecule has 2 aliphatic rings. The first kappa shape index (κ1) is 10.7. The molecule has 0 amide bonds. The van der Waals surface area contributed by atoms with Gasteiger partial charge in [-0.05, 0) is 19.8 Å². The zero-order chi connectivity index (χ0) is 11.0. The molecular weight excluding hydrogens is 218 g/mol. The molecule has 0 bridgehead atoms. The minimum absolute atomic E-state index is 0.621. The molecule has 1 aromatic heterocycles. The summed E-state index contributed by atoms with van der Waals surface area (Å²) in [6.07, 6.45) is 2.72. The van der Waals surface area contributed by atoms with Crippen LogP contribution < -0.4 is 5.32 Å². The van der Waals surface area contributed by atoms with Crippen LogP contribution in [-0.4, -0.2) is 35.6 Å². The van der Waals surface area contributed by atoms with E-state index in [0.717, 1.165) is 32.1 Å². The van der Waals surface area contributed by atoms with E-state index in [-0.39, 0.29) is 0 Å². The van der Waals surface area contributed by atoms with Crippen LogP contribution in [-0.2, 0) is 6.54 Å². The third-order valence-corrected chi connectivity index (χ3v) is 4.39. The molecule has 3 rings (SSSR count). The van der Waals surface area contributed by atoms with Crippen molar-refractivity contribution in [3.05, 3.63) is 16.1 Å². The summed E-state index contributed by atoms with van der Waals surface area (Å²) in [4.78, 5) is 7.25. The summed E-state index contributed by atoms with van der Waals surface area (Å²) in [5, 5.41) is 7.10. The zero-order valence-electron chi connectivity index (χ0n) is 9.78. The third kappa shape index (κ3) is 2.44. The number of aromatic nitrogens is 1. The van der Waals surface area contributed by atoms with Gasteiger partial charge in [0.15, 0.2) is 0 Å². The van der Waals surface area contributed by atoms with Crippen molar-refractivity contribution in [3.63, 3.8) is 0 Å². The van der Waals surface area contributed by atoms with Gasteiger partial charge in [0.2, 0.25) is 0 Å². The molecule has 3 nitrogen and oxygen atoms in total. The maximum Gasteiger partial charge on any atom is 0.0959 e.